The van der Waals surface area contributed by atoms with Gasteiger partial charge in [0.1, 0.15) is 3.70 Å². The fraction of sp³-hybridized carbons (Fsp3) is 0.571. The quantitative estimate of drug-likeness (QED) is 0.670. The lowest BCUT2D eigenvalue weighted by Gasteiger charge is -2.19. The third kappa shape index (κ3) is 1.60. The summed E-state index contributed by atoms with van der Waals surface area (Å²) in [5, 5.41) is 3.45. The molecule has 0 fully saturated rings. The van der Waals surface area contributed by atoms with E-state index < -0.39 is 11.8 Å². The van der Waals surface area contributed by atoms with Crippen LogP contribution >= 0.6 is 22.6 Å². The molecule has 0 atom stereocenters. The molecular weight excluding hydrogens is 277 g/mol. The van der Waals surface area contributed by atoms with Crippen molar-refractivity contribution in [2.45, 2.75) is 26.3 Å². The van der Waals surface area contributed by atoms with Crippen molar-refractivity contribution in [2.24, 2.45) is 0 Å². The van der Waals surface area contributed by atoms with Crippen LogP contribution in [0.5, 0.6) is 0 Å². The van der Waals surface area contributed by atoms with Crippen molar-refractivity contribution in [3.63, 3.8) is 0 Å². The lowest BCUT2D eigenvalue weighted by Crippen LogP contribution is -2.24. The summed E-state index contributed by atoms with van der Waals surface area (Å²) in [6.07, 6.45) is 0. The fourth-order valence-corrected chi connectivity index (χ4v) is 1.85. The summed E-state index contributed by atoms with van der Waals surface area (Å²) in [5.74, 6) is -1.90. The van der Waals surface area contributed by atoms with Crippen molar-refractivity contribution in [3.8, 4) is 0 Å². The highest BCUT2D eigenvalue weighted by Crippen LogP contribution is 2.21. The molecule has 0 aromatic carbocycles. The number of rotatable bonds is 0. The Balaban J connectivity index is 3.28. The molecule has 5 heteroatoms. The van der Waals surface area contributed by atoms with Crippen molar-refractivity contribution in [1.82, 2.24) is 9.78 Å². The Labute approximate surface area is 83.1 Å². The fourth-order valence-electron chi connectivity index (χ4n) is 0.798. The monoisotopic (exact) mass is 286 g/mol. The van der Waals surface area contributed by atoms with Crippen LogP contribution in [0.1, 0.15) is 20.8 Å². The minimum absolute atomic E-state index is 0.206. The molecule has 1 aromatic heterocycles. The lowest BCUT2D eigenvalue weighted by atomic mass is 10.1. The number of hydrogen-bond donors (Lipinski definition) is 0. The third-order valence-corrected chi connectivity index (χ3v) is 2.30. The molecule has 1 rings (SSSR count). The van der Waals surface area contributed by atoms with Crippen LogP contribution in [0, 0.1) is 15.5 Å². The molecule has 12 heavy (non-hydrogen) atoms. The molecule has 0 aliphatic heterocycles. The van der Waals surface area contributed by atoms with E-state index in [9.17, 15) is 8.78 Å². The minimum atomic E-state index is -1.03. The van der Waals surface area contributed by atoms with Gasteiger partial charge in [0.05, 0.1) is 5.54 Å². The summed E-state index contributed by atoms with van der Waals surface area (Å²) in [6, 6.07) is 0. The minimum Gasteiger partial charge on any atom is -0.248 e. The van der Waals surface area contributed by atoms with E-state index in [-0.39, 0.29) is 9.24 Å². The molecule has 1 aromatic rings. The van der Waals surface area contributed by atoms with Crippen LogP contribution in [0.15, 0.2) is 0 Å². The van der Waals surface area contributed by atoms with Gasteiger partial charge in [-0.25, -0.2) is 4.68 Å². The van der Waals surface area contributed by atoms with E-state index in [2.05, 4.69) is 5.10 Å². The number of hydrogen-bond acceptors (Lipinski definition) is 1. The molecule has 0 bridgehead atoms. The second-order valence-corrected chi connectivity index (χ2v) is 4.50. The maximum Gasteiger partial charge on any atom is 0.269 e. The van der Waals surface area contributed by atoms with Gasteiger partial charge in [-0.05, 0) is 43.4 Å². The molecular formula is C7H9F2IN2. The first-order valence-corrected chi connectivity index (χ1v) is 4.52. The Kier molecular flexibility index (Phi) is 2.42. The summed E-state index contributed by atoms with van der Waals surface area (Å²) >= 11 is 1.74. The van der Waals surface area contributed by atoms with Gasteiger partial charge in [0.25, 0.3) is 5.95 Å². The van der Waals surface area contributed by atoms with Crippen LogP contribution in [-0.4, -0.2) is 9.78 Å². The largest absolute Gasteiger partial charge is 0.269 e. The zero-order chi connectivity index (χ0) is 9.52. The molecule has 2 nitrogen and oxygen atoms in total. The zero-order valence-corrected chi connectivity index (χ0v) is 9.19. The smallest absolute Gasteiger partial charge is 0.248 e. The summed E-state index contributed by atoms with van der Waals surface area (Å²) in [6.45, 7) is 5.50. The van der Waals surface area contributed by atoms with Gasteiger partial charge >= 0.3 is 0 Å². The number of halogens is 3. The van der Waals surface area contributed by atoms with E-state index in [1.165, 1.54) is 4.68 Å². The normalized spacial score (nSPS) is 12.2. The molecule has 1 heterocycles. The Morgan fingerprint density at radius 1 is 1.33 bits per heavy atom. The van der Waals surface area contributed by atoms with E-state index in [1.807, 2.05) is 20.8 Å². The van der Waals surface area contributed by atoms with Gasteiger partial charge in [-0.15, -0.1) is 5.10 Å². The van der Waals surface area contributed by atoms with Crippen LogP contribution in [-0.2, 0) is 5.54 Å². The average Bonchev–Trinajstić information content (AvgIpc) is 2.15. The Hall–Kier alpha value is -0.200. The topological polar surface area (TPSA) is 17.8 Å². The molecule has 0 amide bonds. The van der Waals surface area contributed by atoms with Crippen molar-refractivity contribution in [1.29, 1.82) is 0 Å². The van der Waals surface area contributed by atoms with Gasteiger partial charge in [0, 0.05) is 0 Å². The van der Waals surface area contributed by atoms with Crippen molar-refractivity contribution in [2.75, 3.05) is 0 Å². The molecule has 0 saturated heterocycles. The highest BCUT2D eigenvalue weighted by atomic mass is 127. The Morgan fingerprint density at radius 2 is 1.83 bits per heavy atom. The Bertz CT molecular complexity index is 301. The third-order valence-electron chi connectivity index (χ3n) is 1.37. The van der Waals surface area contributed by atoms with E-state index >= 15 is 0 Å². The summed E-state index contributed by atoms with van der Waals surface area (Å²) in [7, 11) is 0. The van der Waals surface area contributed by atoms with Gasteiger partial charge in [-0.3, -0.25) is 0 Å². The SMILES string of the molecule is CC(C)(C)n1nc(F)c(F)c1I. The average molecular weight is 286 g/mol. The number of nitrogens with zero attached hydrogens (tertiary/aromatic N) is 2. The predicted octanol–water partition coefficient (Wildman–Crippen LogP) is 2.52. The van der Waals surface area contributed by atoms with Gasteiger partial charge < -0.3 is 0 Å². The van der Waals surface area contributed by atoms with E-state index in [0.29, 0.717) is 0 Å². The second kappa shape index (κ2) is 2.93. The standard InChI is InChI=1S/C7H9F2IN2/c1-7(2,3)12-6(10)4(8)5(9)11-12/h1-3H3. The van der Waals surface area contributed by atoms with Gasteiger partial charge in [0.2, 0.25) is 5.82 Å². The molecule has 0 aliphatic rings. The summed E-state index contributed by atoms with van der Waals surface area (Å²) in [4.78, 5) is 0. The number of aromatic nitrogens is 2. The maximum absolute atomic E-state index is 12.8. The van der Waals surface area contributed by atoms with Gasteiger partial charge in [0.15, 0.2) is 0 Å². The summed E-state index contributed by atoms with van der Waals surface area (Å²) < 4.78 is 27.0. The van der Waals surface area contributed by atoms with Crippen LogP contribution in [0.3, 0.4) is 0 Å². The highest BCUT2D eigenvalue weighted by Gasteiger charge is 2.23. The van der Waals surface area contributed by atoms with Crippen LogP contribution in [0.25, 0.3) is 0 Å². The molecule has 0 unspecified atom stereocenters. The van der Waals surface area contributed by atoms with Crippen LogP contribution < -0.4 is 0 Å². The van der Waals surface area contributed by atoms with Gasteiger partial charge in [-0.1, -0.05) is 0 Å². The molecule has 0 aliphatic carbocycles. The molecule has 0 spiro atoms. The first kappa shape index (κ1) is 9.88. The van der Waals surface area contributed by atoms with Crippen LogP contribution in [0.2, 0.25) is 0 Å². The first-order chi connectivity index (χ1) is 5.34. The zero-order valence-electron chi connectivity index (χ0n) is 7.03. The Morgan fingerprint density at radius 3 is 2.00 bits per heavy atom. The van der Waals surface area contributed by atoms with Crippen molar-refractivity contribution < 1.29 is 8.78 Å². The molecule has 0 radical (unpaired) electrons. The van der Waals surface area contributed by atoms with Gasteiger partial charge in [-0.2, -0.15) is 8.78 Å². The maximum atomic E-state index is 12.8. The van der Waals surface area contributed by atoms with Crippen LogP contribution in [0.4, 0.5) is 8.78 Å². The molecule has 0 N–H and O–H groups in total. The molecule has 0 saturated carbocycles. The van der Waals surface area contributed by atoms with E-state index in [0.717, 1.165) is 0 Å². The molecule has 68 valence electrons. The summed E-state index contributed by atoms with van der Waals surface area (Å²) in [5.41, 5.74) is -0.387. The van der Waals surface area contributed by atoms with Crippen molar-refractivity contribution >= 4 is 22.6 Å². The van der Waals surface area contributed by atoms with E-state index in [4.69, 9.17) is 0 Å². The predicted molar refractivity (Wildman–Crippen MR) is 49.9 cm³/mol. The highest BCUT2D eigenvalue weighted by molar-refractivity contribution is 14.1. The lowest BCUT2D eigenvalue weighted by molar-refractivity contribution is 0.335. The first-order valence-electron chi connectivity index (χ1n) is 3.44. The second-order valence-electron chi connectivity index (χ2n) is 3.48. The van der Waals surface area contributed by atoms with Crippen molar-refractivity contribution in [3.05, 3.63) is 15.5 Å². The van der Waals surface area contributed by atoms with E-state index in [1.54, 1.807) is 22.6 Å².